The van der Waals surface area contributed by atoms with E-state index in [0.717, 1.165) is 36.2 Å². The first-order valence-corrected chi connectivity index (χ1v) is 6.73. The van der Waals surface area contributed by atoms with Crippen LogP contribution in [0.3, 0.4) is 0 Å². The smallest absolute Gasteiger partial charge is 0.225 e. The topological polar surface area (TPSA) is 29.5 Å². The van der Waals surface area contributed by atoms with Gasteiger partial charge in [-0.3, -0.25) is 4.79 Å². The van der Waals surface area contributed by atoms with Gasteiger partial charge in [-0.2, -0.15) is 0 Å². The quantitative estimate of drug-likeness (QED) is 0.857. The lowest BCUT2D eigenvalue weighted by Gasteiger charge is -2.39. The molecule has 0 bridgehead atoms. The summed E-state index contributed by atoms with van der Waals surface area (Å²) in [6.45, 7) is 1.48. The summed E-state index contributed by atoms with van der Waals surface area (Å²) in [5.41, 5.74) is 0. The lowest BCUT2D eigenvalue weighted by molar-refractivity contribution is -0.141. The van der Waals surface area contributed by atoms with Gasteiger partial charge in [0.2, 0.25) is 5.91 Å². The van der Waals surface area contributed by atoms with E-state index in [2.05, 4.69) is 15.9 Å². The fraction of sp³-hybridized carbons (Fsp3) is 0.462. The molecule has 0 spiro atoms. The van der Waals surface area contributed by atoms with Crippen LogP contribution in [-0.2, 0) is 4.79 Å². The molecule has 4 heteroatoms. The van der Waals surface area contributed by atoms with Crippen LogP contribution in [-0.4, -0.2) is 30.0 Å². The minimum Gasteiger partial charge on any atom is -0.487 e. The molecule has 17 heavy (non-hydrogen) atoms. The van der Waals surface area contributed by atoms with E-state index in [1.807, 2.05) is 29.2 Å². The number of hydrogen-bond donors (Lipinski definition) is 0. The zero-order valence-electron chi connectivity index (χ0n) is 9.43. The summed E-state index contributed by atoms with van der Waals surface area (Å²) in [5.74, 6) is 1.51. The minimum atomic E-state index is 0.166. The Bertz CT molecular complexity index is 422. The summed E-state index contributed by atoms with van der Waals surface area (Å²) in [5, 5.41) is 0. The van der Waals surface area contributed by atoms with Gasteiger partial charge in [0.1, 0.15) is 11.9 Å². The van der Waals surface area contributed by atoms with Gasteiger partial charge in [0.05, 0.1) is 13.1 Å². The van der Waals surface area contributed by atoms with E-state index in [0.29, 0.717) is 11.8 Å². The van der Waals surface area contributed by atoms with Gasteiger partial charge in [-0.25, -0.2) is 0 Å². The van der Waals surface area contributed by atoms with Crippen LogP contribution in [0, 0.1) is 5.92 Å². The van der Waals surface area contributed by atoms with Crippen LogP contribution in [0.2, 0.25) is 0 Å². The molecule has 1 heterocycles. The lowest BCUT2D eigenvalue weighted by atomic mass is 10.1. The van der Waals surface area contributed by atoms with Crippen molar-refractivity contribution in [2.24, 2.45) is 5.92 Å². The van der Waals surface area contributed by atoms with Crippen LogP contribution in [0.25, 0.3) is 0 Å². The Morgan fingerprint density at radius 2 is 1.88 bits per heavy atom. The van der Waals surface area contributed by atoms with Crippen molar-refractivity contribution >= 4 is 21.8 Å². The normalized spacial score (nSPS) is 19.9. The fourth-order valence-corrected chi connectivity index (χ4v) is 2.25. The summed E-state index contributed by atoms with van der Waals surface area (Å²) >= 11 is 3.39. The molecule has 0 N–H and O–H groups in total. The summed E-state index contributed by atoms with van der Waals surface area (Å²) in [6.07, 6.45) is 2.32. The maximum absolute atomic E-state index is 11.7. The molecule has 0 unspecified atom stereocenters. The van der Waals surface area contributed by atoms with Gasteiger partial charge in [-0.05, 0) is 37.1 Å². The Kier molecular flexibility index (Phi) is 2.82. The zero-order chi connectivity index (χ0) is 11.8. The van der Waals surface area contributed by atoms with Crippen LogP contribution in [0.5, 0.6) is 5.75 Å². The van der Waals surface area contributed by atoms with Crippen molar-refractivity contribution in [3.05, 3.63) is 28.7 Å². The van der Waals surface area contributed by atoms with Gasteiger partial charge in [0.25, 0.3) is 0 Å². The first kappa shape index (κ1) is 11.1. The highest BCUT2D eigenvalue weighted by Crippen LogP contribution is 2.33. The Hall–Kier alpha value is -1.03. The molecule has 3 rings (SSSR count). The number of halogens is 1. The molecule has 3 nitrogen and oxygen atoms in total. The second kappa shape index (κ2) is 4.33. The first-order valence-electron chi connectivity index (χ1n) is 5.93. The molecule has 1 saturated carbocycles. The van der Waals surface area contributed by atoms with Gasteiger partial charge in [0.15, 0.2) is 0 Å². The third kappa shape index (κ3) is 2.46. The summed E-state index contributed by atoms with van der Waals surface area (Å²) in [7, 11) is 0. The van der Waals surface area contributed by atoms with Crippen LogP contribution in [0.4, 0.5) is 0 Å². The Morgan fingerprint density at radius 1 is 1.24 bits per heavy atom. The molecule has 0 aromatic heterocycles. The maximum atomic E-state index is 11.7. The molecular weight excluding hydrogens is 282 g/mol. The van der Waals surface area contributed by atoms with Gasteiger partial charge < -0.3 is 9.64 Å². The minimum absolute atomic E-state index is 0.166. The molecule has 1 aromatic rings. The maximum Gasteiger partial charge on any atom is 0.225 e. The zero-order valence-corrected chi connectivity index (χ0v) is 11.0. The molecule has 1 aliphatic carbocycles. The predicted octanol–water partition coefficient (Wildman–Crippen LogP) is 2.45. The number of nitrogens with zero attached hydrogens (tertiary/aromatic N) is 1. The number of carbonyl (C=O) groups is 1. The average Bonchev–Trinajstić information content (AvgIpc) is 3.08. The number of rotatable bonds is 3. The Labute approximate surface area is 109 Å². The highest BCUT2D eigenvalue weighted by molar-refractivity contribution is 9.10. The number of hydrogen-bond acceptors (Lipinski definition) is 2. The molecule has 2 fully saturated rings. The average molecular weight is 296 g/mol. The van der Waals surface area contributed by atoms with Crippen molar-refractivity contribution in [3.8, 4) is 5.75 Å². The van der Waals surface area contributed by atoms with Crippen LogP contribution in [0.15, 0.2) is 28.7 Å². The second-order valence-corrected chi connectivity index (χ2v) is 5.63. The largest absolute Gasteiger partial charge is 0.487 e. The summed E-state index contributed by atoms with van der Waals surface area (Å²) in [6, 6.07) is 7.80. The van der Waals surface area contributed by atoms with Crippen molar-refractivity contribution in [2.45, 2.75) is 18.9 Å². The molecular formula is C13H14BrNO2. The number of likely N-dealkylation sites (tertiary alicyclic amines) is 1. The Balaban J connectivity index is 1.49. The third-order valence-corrected chi connectivity index (χ3v) is 3.73. The van der Waals surface area contributed by atoms with E-state index in [9.17, 15) is 4.79 Å². The van der Waals surface area contributed by atoms with Crippen LogP contribution >= 0.6 is 15.9 Å². The van der Waals surface area contributed by atoms with E-state index < -0.39 is 0 Å². The van der Waals surface area contributed by atoms with Crippen molar-refractivity contribution in [3.63, 3.8) is 0 Å². The first-order chi connectivity index (χ1) is 8.22. The summed E-state index contributed by atoms with van der Waals surface area (Å²) < 4.78 is 6.82. The molecule has 0 atom stereocenters. The highest BCUT2D eigenvalue weighted by atomic mass is 79.9. The predicted molar refractivity (Wildman–Crippen MR) is 67.9 cm³/mol. The fourth-order valence-electron chi connectivity index (χ4n) is 1.99. The van der Waals surface area contributed by atoms with Crippen molar-refractivity contribution in [2.75, 3.05) is 13.1 Å². The van der Waals surface area contributed by atoms with Crippen molar-refractivity contribution in [1.29, 1.82) is 0 Å². The number of ether oxygens (including phenoxy) is 1. The lowest BCUT2D eigenvalue weighted by Crippen LogP contribution is -2.56. The van der Waals surface area contributed by atoms with E-state index in [1.54, 1.807) is 0 Å². The molecule has 1 saturated heterocycles. The standard InChI is InChI=1S/C13H14BrNO2/c14-10-3-5-11(6-4-10)17-12-7-15(8-12)13(16)9-1-2-9/h3-6,9,12H,1-2,7-8H2. The molecule has 1 aromatic carbocycles. The number of benzene rings is 1. The van der Waals surface area contributed by atoms with Gasteiger partial charge in [0, 0.05) is 10.4 Å². The second-order valence-electron chi connectivity index (χ2n) is 4.71. The van der Waals surface area contributed by atoms with Gasteiger partial charge in [-0.1, -0.05) is 15.9 Å². The Morgan fingerprint density at radius 3 is 2.47 bits per heavy atom. The molecule has 1 amide bonds. The van der Waals surface area contributed by atoms with Crippen LogP contribution in [0.1, 0.15) is 12.8 Å². The van der Waals surface area contributed by atoms with E-state index in [4.69, 9.17) is 4.74 Å². The molecule has 1 aliphatic heterocycles. The highest BCUT2D eigenvalue weighted by Gasteiger charge is 2.39. The van der Waals surface area contributed by atoms with Gasteiger partial charge >= 0.3 is 0 Å². The number of carbonyl (C=O) groups excluding carboxylic acids is 1. The van der Waals surface area contributed by atoms with Crippen LogP contribution < -0.4 is 4.74 Å². The van der Waals surface area contributed by atoms with Crippen molar-refractivity contribution < 1.29 is 9.53 Å². The van der Waals surface area contributed by atoms with E-state index >= 15 is 0 Å². The molecule has 90 valence electrons. The summed E-state index contributed by atoms with van der Waals surface area (Å²) in [4.78, 5) is 13.6. The number of amides is 1. The molecule has 0 radical (unpaired) electrons. The van der Waals surface area contributed by atoms with Crippen molar-refractivity contribution in [1.82, 2.24) is 4.90 Å². The molecule has 2 aliphatic rings. The van der Waals surface area contributed by atoms with E-state index in [-0.39, 0.29) is 6.10 Å². The van der Waals surface area contributed by atoms with Gasteiger partial charge in [-0.15, -0.1) is 0 Å². The monoisotopic (exact) mass is 295 g/mol. The SMILES string of the molecule is O=C(C1CC1)N1CC(Oc2ccc(Br)cc2)C1. The van der Waals surface area contributed by atoms with E-state index in [1.165, 1.54) is 0 Å². The third-order valence-electron chi connectivity index (χ3n) is 3.20.